The second kappa shape index (κ2) is 4.04. The minimum Gasteiger partial charge on any atom is -0.385 e. The molecule has 2 rings (SSSR count). The van der Waals surface area contributed by atoms with Crippen molar-refractivity contribution in [3.8, 4) is 0 Å². The average Bonchev–Trinajstić information content (AvgIpc) is 2.21. The molecular formula is C12H12F2N2. The molecule has 2 nitrogen and oxygen atoms in total. The van der Waals surface area contributed by atoms with Gasteiger partial charge in [-0.1, -0.05) is 0 Å². The molecule has 84 valence electrons. The summed E-state index contributed by atoms with van der Waals surface area (Å²) in [5.41, 5.74) is 2.02. The molecule has 0 saturated carbocycles. The fourth-order valence-corrected chi connectivity index (χ4v) is 1.69. The maximum absolute atomic E-state index is 13.1. The van der Waals surface area contributed by atoms with Crippen LogP contribution < -0.4 is 5.32 Å². The van der Waals surface area contributed by atoms with Crippen LogP contribution in [0.25, 0.3) is 10.9 Å². The lowest BCUT2D eigenvalue weighted by Gasteiger charge is -2.09. The van der Waals surface area contributed by atoms with E-state index in [1.54, 1.807) is 0 Å². The number of pyridine rings is 1. The van der Waals surface area contributed by atoms with Crippen LogP contribution in [0.3, 0.4) is 0 Å². The van der Waals surface area contributed by atoms with Gasteiger partial charge in [-0.25, -0.2) is 8.78 Å². The van der Waals surface area contributed by atoms with Crippen LogP contribution in [0, 0.1) is 18.6 Å². The summed E-state index contributed by atoms with van der Waals surface area (Å²) < 4.78 is 26.2. The Morgan fingerprint density at radius 3 is 2.56 bits per heavy atom. The Morgan fingerprint density at radius 2 is 1.88 bits per heavy atom. The molecule has 0 unspecified atom stereocenters. The zero-order chi connectivity index (χ0) is 11.7. The molecule has 0 radical (unpaired) electrons. The highest BCUT2D eigenvalue weighted by Crippen LogP contribution is 2.25. The monoisotopic (exact) mass is 222 g/mol. The quantitative estimate of drug-likeness (QED) is 0.843. The fraction of sp³-hybridized carbons (Fsp3) is 0.250. The van der Waals surface area contributed by atoms with Gasteiger partial charge < -0.3 is 5.32 Å². The number of aryl methyl sites for hydroxylation is 1. The van der Waals surface area contributed by atoms with Crippen molar-refractivity contribution >= 4 is 16.6 Å². The van der Waals surface area contributed by atoms with Crippen molar-refractivity contribution in [3.63, 3.8) is 0 Å². The summed E-state index contributed by atoms with van der Waals surface area (Å²) >= 11 is 0. The van der Waals surface area contributed by atoms with Crippen molar-refractivity contribution in [1.82, 2.24) is 4.98 Å². The summed E-state index contributed by atoms with van der Waals surface area (Å²) in [5, 5.41) is 3.71. The molecule has 1 aromatic carbocycles. The molecular weight excluding hydrogens is 210 g/mol. The third kappa shape index (κ3) is 1.83. The van der Waals surface area contributed by atoms with Crippen molar-refractivity contribution in [2.75, 3.05) is 11.9 Å². The lowest BCUT2D eigenvalue weighted by Crippen LogP contribution is -2.00. The zero-order valence-electron chi connectivity index (χ0n) is 9.14. The van der Waals surface area contributed by atoms with E-state index in [4.69, 9.17) is 0 Å². The topological polar surface area (TPSA) is 24.9 Å². The molecule has 0 aliphatic carbocycles. The molecule has 0 spiro atoms. The van der Waals surface area contributed by atoms with E-state index in [-0.39, 0.29) is 0 Å². The number of nitrogens with one attached hydrogen (secondary N) is 1. The Hall–Kier alpha value is -1.71. The van der Waals surface area contributed by atoms with Gasteiger partial charge in [0.05, 0.1) is 5.52 Å². The lowest BCUT2D eigenvalue weighted by atomic mass is 10.1. The summed E-state index contributed by atoms with van der Waals surface area (Å²) in [6, 6.07) is 4.12. The van der Waals surface area contributed by atoms with Gasteiger partial charge in [0.25, 0.3) is 0 Å². The molecule has 1 aromatic heterocycles. The third-order valence-corrected chi connectivity index (χ3v) is 2.35. The van der Waals surface area contributed by atoms with Gasteiger partial charge in [-0.3, -0.25) is 4.98 Å². The highest BCUT2D eigenvalue weighted by Gasteiger charge is 2.09. The van der Waals surface area contributed by atoms with Gasteiger partial charge in [0.1, 0.15) is 0 Å². The second-order valence-corrected chi connectivity index (χ2v) is 3.62. The molecule has 0 atom stereocenters. The molecule has 1 N–H and O–H groups in total. The van der Waals surface area contributed by atoms with Crippen LogP contribution in [0.5, 0.6) is 0 Å². The summed E-state index contributed by atoms with van der Waals surface area (Å²) in [4.78, 5) is 4.17. The van der Waals surface area contributed by atoms with Gasteiger partial charge in [-0.2, -0.15) is 0 Å². The predicted octanol–water partition coefficient (Wildman–Crippen LogP) is 3.25. The van der Waals surface area contributed by atoms with Crippen LogP contribution in [0.2, 0.25) is 0 Å². The second-order valence-electron chi connectivity index (χ2n) is 3.62. The predicted molar refractivity (Wildman–Crippen MR) is 60.6 cm³/mol. The van der Waals surface area contributed by atoms with Gasteiger partial charge in [0.2, 0.25) is 0 Å². The molecule has 0 aliphatic heterocycles. The Morgan fingerprint density at radius 1 is 1.19 bits per heavy atom. The average molecular weight is 222 g/mol. The van der Waals surface area contributed by atoms with Crippen LogP contribution >= 0.6 is 0 Å². The van der Waals surface area contributed by atoms with Crippen molar-refractivity contribution in [3.05, 3.63) is 35.5 Å². The van der Waals surface area contributed by atoms with Gasteiger partial charge in [-0.15, -0.1) is 0 Å². The van der Waals surface area contributed by atoms with Crippen molar-refractivity contribution in [2.24, 2.45) is 0 Å². The largest absolute Gasteiger partial charge is 0.385 e. The van der Waals surface area contributed by atoms with Crippen LogP contribution in [0.15, 0.2) is 18.2 Å². The fourth-order valence-electron chi connectivity index (χ4n) is 1.69. The van der Waals surface area contributed by atoms with Gasteiger partial charge >= 0.3 is 0 Å². The van der Waals surface area contributed by atoms with E-state index in [1.165, 1.54) is 6.07 Å². The number of hydrogen-bond donors (Lipinski definition) is 1. The number of anilines is 1. The van der Waals surface area contributed by atoms with E-state index in [9.17, 15) is 8.78 Å². The minimum absolute atomic E-state index is 0.467. The molecule has 0 aliphatic rings. The number of nitrogens with zero attached hydrogens (tertiary/aromatic N) is 1. The van der Waals surface area contributed by atoms with E-state index in [2.05, 4.69) is 10.3 Å². The Labute approximate surface area is 92.3 Å². The summed E-state index contributed by atoms with van der Waals surface area (Å²) in [6.45, 7) is 4.49. The van der Waals surface area contributed by atoms with Crippen molar-refractivity contribution in [2.45, 2.75) is 13.8 Å². The maximum atomic E-state index is 13.1. The lowest BCUT2D eigenvalue weighted by molar-refractivity contribution is 0.510. The molecule has 0 fully saturated rings. The van der Waals surface area contributed by atoms with Gasteiger partial charge in [0.15, 0.2) is 11.6 Å². The summed E-state index contributed by atoms with van der Waals surface area (Å²) in [6.07, 6.45) is 0. The first kappa shape index (κ1) is 10.8. The molecule has 0 amide bonds. The summed E-state index contributed by atoms with van der Waals surface area (Å²) in [5.74, 6) is -1.72. The Balaban J connectivity index is 2.74. The van der Waals surface area contributed by atoms with Crippen molar-refractivity contribution in [1.29, 1.82) is 0 Å². The normalized spacial score (nSPS) is 10.8. The summed E-state index contributed by atoms with van der Waals surface area (Å²) in [7, 11) is 0. The SMILES string of the molecule is CCNc1cc(C)nc2cc(F)c(F)cc12. The molecule has 0 saturated heterocycles. The molecule has 16 heavy (non-hydrogen) atoms. The number of benzene rings is 1. The smallest absolute Gasteiger partial charge is 0.161 e. The highest BCUT2D eigenvalue weighted by atomic mass is 19.2. The van der Waals surface area contributed by atoms with Crippen LogP contribution in [0.1, 0.15) is 12.6 Å². The number of fused-ring (bicyclic) bond motifs is 1. The number of rotatable bonds is 2. The zero-order valence-corrected chi connectivity index (χ0v) is 9.14. The standard InChI is InChI=1S/C12H12F2N2/c1-3-15-11-4-7(2)16-12-6-10(14)9(13)5-8(11)12/h4-6H,3H2,1-2H3,(H,15,16). The van der Waals surface area contributed by atoms with Crippen molar-refractivity contribution < 1.29 is 8.78 Å². The minimum atomic E-state index is -0.868. The number of hydrogen-bond acceptors (Lipinski definition) is 2. The maximum Gasteiger partial charge on any atom is 0.161 e. The first-order valence-electron chi connectivity index (χ1n) is 5.12. The first-order chi connectivity index (χ1) is 7.61. The number of halogens is 2. The Kier molecular flexibility index (Phi) is 2.73. The van der Waals surface area contributed by atoms with E-state index in [0.717, 1.165) is 24.0 Å². The van der Waals surface area contributed by atoms with E-state index < -0.39 is 11.6 Å². The highest BCUT2D eigenvalue weighted by molar-refractivity contribution is 5.91. The van der Waals surface area contributed by atoms with Gasteiger partial charge in [0, 0.05) is 29.4 Å². The molecule has 4 heteroatoms. The third-order valence-electron chi connectivity index (χ3n) is 2.35. The molecule has 0 bridgehead atoms. The van der Waals surface area contributed by atoms with E-state index >= 15 is 0 Å². The Bertz CT molecular complexity index is 538. The van der Waals surface area contributed by atoms with E-state index in [0.29, 0.717) is 10.9 Å². The molecule has 2 aromatic rings. The van der Waals surface area contributed by atoms with Crippen LogP contribution in [-0.2, 0) is 0 Å². The number of aromatic nitrogens is 1. The molecule has 1 heterocycles. The van der Waals surface area contributed by atoms with Crippen LogP contribution in [-0.4, -0.2) is 11.5 Å². The van der Waals surface area contributed by atoms with E-state index in [1.807, 2.05) is 19.9 Å². The van der Waals surface area contributed by atoms with Gasteiger partial charge in [-0.05, 0) is 26.0 Å². The first-order valence-corrected chi connectivity index (χ1v) is 5.12. The van der Waals surface area contributed by atoms with Crippen LogP contribution in [0.4, 0.5) is 14.5 Å².